The second-order valence-corrected chi connectivity index (χ2v) is 6.94. The number of likely N-dealkylation sites (tertiary alicyclic amines) is 1. The van der Waals surface area contributed by atoms with E-state index in [2.05, 4.69) is 6.92 Å². The third kappa shape index (κ3) is 4.44. The van der Waals surface area contributed by atoms with Gasteiger partial charge in [-0.15, -0.1) is 0 Å². The summed E-state index contributed by atoms with van der Waals surface area (Å²) in [7, 11) is 0. The van der Waals surface area contributed by atoms with Gasteiger partial charge in [0.1, 0.15) is 0 Å². The summed E-state index contributed by atoms with van der Waals surface area (Å²) >= 11 is 0. The van der Waals surface area contributed by atoms with Gasteiger partial charge in [-0.2, -0.15) is 0 Å². The number of carbonyl (C=O) groups is 2. The summed E-state index contributed by atoms with van der Waals surface area (Å²) < 4.78 is 10.7. The molecule has 0 bridgehead atoms. The Balaban J connectivity index is 1.54. The molecule has 2 aliphatic heterocycles. The van der Waals surface area contributed by atoms with Crippen molar-refractivity contribution in [1.29, 1.82) is 0 Å². The van der Waals surface area contributed by atoms with Crippen molar-refractivity contribution < 1.29 is 19.1 Å². The molecule has 0 unspecified atom stereocenters. The van der Waals surface area contributed by atoms with Gasteiger partial charge in [-0.25, -0.2) is 0 Å². The van der Waals surface area contributed by atoms with Crippen LogP contribution in [-0.4, -0.2) is 48.0 Å². The van der Waals surface area contributed by atoms with Crippen molar-refractivity contribution in [2.45, 2.75) is 39.7 Å². The SMILES string of the molecule is CC(=O)N(CCC(=O)N1CCC(C)CC1)Cc1ccc2c(c1)OCO2. The summed E-state index contributed by atoms with van der Waals surface area (Å²) in [6.45, 7) is 6.58. The smallest absolute Gasteiger partial charge is 0.231 e. The van der Waals surface area contributed by atoms with Gasteiger partial charge in [0.15, 0.2) is 11.5 Å². The number of carbonyl (C=O) groups excluding carboxylic acids is 2. The summed E-state index contributed by atoms with van der Waals surface area (Å²) in [5, 5.41) is 0. The number of nitrogens with zero attached hydrogens (tertiary/aromatic N) is 2. The standard InChI is InChI=1S/C19H26N2O4/c1-14-5-8-20(9-6-14)19(23)7-10-21(15(2)22)12-16-3-4-17-18(11-16)25-13-24-17/h3-4,11,14H,5-10,12-13H2,1-2H3. The van der Waals surface area contributed by atoms with Gasteiger partial charge in [0.2, 0.25) is 18.6 Å². The molecule has 0 aliphatic carbocycles. The Labute approximate surface area is 148 Å². The zero-order chi connectivity index (χ0) is 17.8. The fourth-order valence-electron chi connectivity index (χ4n) is 3.25. The van der Waals surface area contributed by atoms with Crippen LogP contribution in [0.3, 0.4) is 0 Å². The van der Waals surface area contributed by atoms with Crippen LogP contribution < -0.4 is 9.47 Å². The van der Waals surface area contributed by atoms with Crippen molar-refractivity contribution in [1.82, 2.24) is 9.80 Å². The predicted octanol–water partition coefficient (Wildman–Crippen LogP) is 2.41. The maximum absolute atomic E-state index is 12.4. The lowest BCUT2D eigenvalue weighted by Crippen LogP contribution is -2.40. The first-order valence-corrected chi connectivity index (χ1v) is 8.94. The molecule has 1 aromatic rings. The molecule has 0 saturated carbocycles. The second kappa shape index (κ2) is 7.76. The zero-order valence-electron chi connectivity index (χ0n) is 15.0. The van der Waals surface area contributed by atoms with E-state index in [0.717, 1.165) is 37.2 Å². The Kier molecular flexibility index (Phi) is 5.46. The Hall–Kier alpha value is -2.24. The van der Waals surface area contributed by atoms with Gasteiger partial charge in [-0.1, -0.05) is 13.0 Å². The second-order valence-electron chi connectivity index (χ2n) is 6.94. The highest BCUT2D eigenvalue weighted by Gasteiger charge is 2.21. The van der Waals surface area contributed by atoms with Gasteiger partial charge in [0.25, 0.3) is 0 Å². The summed E-state index contributed by atoms with van der Waals surface area (Å²) in [6.07, 6.45) is 2.51. The first kappa shape index (κ1) is 17.6. The first-order chi connectivity index (χ1) is 12.0. The van der Waals surface area contributed by atoms with Crippen LogP contribution in [0.4, 0.5) is 0 Å². The molecule has 1 fully saturated rings. The van der Waals surface area contributed by atoms with E-state index < -0.39 is 0 Å². The lowest BCUT2D eigenvalue weighted by atomic mass is 9.99. The van der Waals surface area contributed by atoms with Gasteiger partial charge in [-0.3, -0.25) is 9.59 Å². The maximum Gasteiger partial charge on any atom is 0.231 e. The molecule has 6 heteroatoms. The first-order valence-electron chi connectivity index (χ1n) is 8.94. The normalized spacial score (nSPS) is 16.8. The average molecular weight is 346 g/mol. The van der Waals surface area contributed by atoms with Crippen LogP contribution in [0.5, 0.6) is 11.5 Å². The molecule has 136 valence electrons. The van der Waals surface area contributed by atoms with Crippen molar-refractivity contribution in [2.75, 3.05) is 26.4 Å². The number of benzene rings is 1. The van der Waals surface area contributed by atoms with Gasteiger partial charge >= 0.3 is 0 Å². The van der Waals surface area contributed by atoms with Gasteiger partial charge in [0, 0.05) is 39.5 Å². The molecule has 1 aromatic carbocycles. The van der Waals surface area contributed by atoms with Crippen LogP contribution in [0.2, 0.25) is 0 Å². The van der Waals surface area contributed by atoms with Crippen LogP contribution in [0, 0.1) is 5.92 Å². The molecule has 0 spiro atoms. The molecule has 0 radical (unpaired) electrons. The van der Waals surface area contributed by atoms with E-state index in [0.29, 0.717) is 31.2 Å². The van der Waals surface area contributed by atoms with Gasteiger partial charge < -0.3 is 19.3 Å². The van der Waals surface area contributed by atoms with Crippen molar-refractivity contribution in [3.05, 3.63) is 23.8 Å². The molecule has 2 aliphatic rings. The van der Waals surface area contributed by atoms with Gasteiger partial charge in [0.05, 0.1) is 0 Å². The lowest BCUT2D eigenvalue weighted by Gasteiger charge is -2.31. The van der Waals surface area contributed by atoms with E-state index >= 15 is 0 Å². The predicted molar refractivity (Wildman–Crippen MR) is 93.3 cm³/mol. The number of ether oxygens (including phenoxy) is 2. The molecular formula is C19H26N2O4. The molecule has 6 nitrogen and oxygen atoms in total. The highest BCUT2D eigenvalue weighted by Crippen LogP contribution is 2.32. The van der Waals surface area contributed by atoms with Crippen molar-refractivity contribution >= 4 is 11.8 Å². The number of amides is 2. The van der Waals surface area contributed by atoms with E-state index in [-0.39, 0.29) is 18.6 Å². The molecule has 25 heavy (non-hydrogen) atoms. The summed E-state index contributed by atoms with van der Waals surface area (Å²) in [6, 6.07) is 5.68. The Morgan fingerprint density at radius 2 is 1.92 bits per heavy atom. The van der Waals surface area contributed by atoms with E-state index in [1.54, 1.807) is 11.8 Å². The summed E-state index contributed by atoms with van der Waals surface area (Å²) in [4.78, 5) is 28.0. The maximum atomic E-state index is 12.4. The minimum Gasteiger partial charge on any atom is -0.454 e. The van der Waals surface area contributed by atoms with E-state index in [9.17, 15) is 9.59 Å². The summed E-state index contributed by atoms with van der Waals surface area (Å²) in [5.41, 5.74) is 0.971. The summed E-state index contributed by atoms with van der Waals surface area (Å²) in [5.74, 6) is 2.25. The number of piperidine rings is 1. The fourth-order valence-corrected chi connectivity index (χ4v) is 3.25. The van der Waals surface area contributed by atoms with Gasteiger partial charge in [-0.05, 0) is 36.5 Å². The van der Waals surface area contributed by atoms with Crippen LogP contribution >= 0.6 is 0 Å². The Morgan fingerprint density at radius 1 is 1.20 bits per heavy atom. The lowest BCUT2D eigenvalue weighted by molar-refractivity contribution is -0.134. The number of fused-ring (bicyclic) bond motifs is 1. The largest absolute Gasteiger partial charge is 0.454 e. The molecule has 3 rings (SSSR count). The molecule has 1 saturated heterocycles. The monoisotopic (exact) mass is 346 g/mol. The van der Waals surface area contributed by atoms with Crippen LogP contribution in [0.1, 0.15) is 38.7 Å². The molecular weight excluding hydrogens is 320 g/mol. The third-order valence-electron chi connectivity index (χ3n) is 4.99. The van der Waals surface area contributed by atoms with Crippen molar-refractivity contribution in [2.24, 2.45) is 5.92 Å². The van der Waals surface area contributed by atoms with Crippen LogP contribution in [-0.2, 0) is 16.1 Å². The van der Waals surface area contributed by atoms with Crippen LogP contribution in [0.15, 0.2) is 18.2 Å². The topological polar surface area (TPSA) is 59.1 Å². The molecule has 0 aromatic heterocycles. The van der Waals surface area contributed by atoms with Crippen molar-refractivity contribution in [3.8, 4) is 11.5 Å². The minimum absolute atomic E-state index is 0.0299. The number of hydrogen-bond donors (Lipinski definition) is 0. The molecule has 0 N–H and O–H groups in total. The van der Waals surface area contributed by atoms with E-state index in [4.69, 9.17) is 9.47 Å². The number of hydrogen-bond acceptors (Lipinski definition) is 4. The number of rotatable bonds is 5. The third-order valence-corrected chi connectivity index (χ3v) is 4.99. The minimum atomic E-state index is -0.0299. The zero-order valence-corrected chi connectivity index (χ0v) is 15.0. The Bertz CT molecular complexity index is 638. The van der Waals surface area contributed by atoms with E-state index in [1.807, 2.05) is 23.1 Å². The Morgan fingerprint density at radius 3 is 2.64 bits per heavy atom. The average Bonchev–Trinajstić information content (AvgIpc) is 3.06. The van der Waals surface area contributed by atoms with E-state index in [1.165, 1.54) is 0 Å². The van der Waals surface area contributed by atoms with Crippen LogP contribution in [0.25, 0.3) is 0 Å². The molecule has 2 heterocycles. The molecule has 2 amide bonds. The highest BCUT2D eigenvalue weighted by molar-refractivity contribution is 5.78. The molecule has 0 atom stereocenters. The fraction of sp³-hybridized carbons (Fsp3) is 0.579. The quantitative estimate of drug-likeness (QED) is 0.821. The highest BCUT2D eigenvalue weighted by atomic mass is 16.7. The van der Waals surface area contributed by atoms with Crippen molar-refractivity contribution in [3.63, 3.8) is 0 Å².